The van der Waals surface area contributed by atoms with E-state index in [4.69, 9.17) is 17.0 Å². The fourth-order valence-electron chi connectivity index (χ4n) is 3.21. The SMILES string of the molecule is COc1ccc(N2CCN(C(=O)CSC(=S)N3CCCC3)CC2)cc1. The van der Waals surface area contributed by atoms with Gasteiger partial charge in [0.1, 0.15) is 10.1 Å². The molecule has 3 rings (SSSR count). The molecule has 5 nitrogen and oxygen atoms in total. The van der Waals surface area contributed by atoms with Gasteiger partial charge in [-0.1, -0.05) is 24.0 Å². The molecule has 2 aliphatic rings. The molecule has 0 saturated carbocycles. The van der Waals surface area contributed by atoms with Crippen LogP contribution in [0.25, 0.3) is 0 Å². The van der Waals surface area contributed by atoms with Gasteiger partial charge in [0.25, 0.3) is 0 Å². The first kappa shape index (κ1) is 18.3. The largest absolute Gasteiger partial charge is 0.497 e. The minimum absolute atomic E-state index is 0.195. The Bertz CT molecular complexity index is 595. The zero-order chi connectivity index (χ0) is 17.6. The third-order valence-corrected chi connectivity index (χ3v) is 6.26. The molecule has 2 fully saturated rings. The van der Waals surface area contributed by atoms with Gasteiger partial charge in [0.05, 0.1) is 12.9 Å². The first-order valence-electron chi connectivity index (χ1n) is 8.76. The fraction of sp³-hybridized carbons (Fsp3) is 0.556. The number of nitrogens with zero attached hydrogens (tertiary/aromatic N) is 3. The van der Waals surface area contributed by atoms with Crippen LogP contribution >= 0.6 is 24.0 Å². The summed E-state index contributed by atoms with van der Waals surface area (Å²) in [6.07, 6.45) is 2.42. The second-order valence-corrected chi connectivity index (χ2v) is 7.92. The number of thiocarbonyl (C=S) groups is 1. The van der Waals surface area contributed by atoms with Gasteiger partial charge in [-0.15, -0.1) is 0 Å². The molecule has 0 N–H and O–H groups in total. The highest BCUT2D eigenvalue weighted by Crippen LogP contribution is 2.21. The van der Waals surface area contributed by atoms with E-state index in [0.29, 0.717) is 5.75 Å². The van der Waals surface area contributed by atoms with Crippen LogP contribution in [-0.4, -0.2) is 72.2 Å². The number of piperazine rings is 1. The van der Waals surface area contributed by atoms with E-state index in [2.05, 4.69) is 21.9 Å². The summed E-state index contributed by atoms with van der Waals surface area (Å²) < 4.78 is 6.08. The number of methoxy groups -OCH3 is 1. The number of carbonyl (C=O) groups excluding carboxylic acids is 1. The number of benzene rings is 1. The highest BCUT2D eigenvalue weighted by atomic mass is 32.2. The molecule has 2 heterocycles. The van der Waals surface area contributed by atoms with E-state index < -0.39 is 0 Å². The molecule has 0 aromatic heterocycles. The van der Waals surface area contributed by atoms with Crippen molar-refractivity contribution >= 4 is 39.9 Å². The normalized spacial score (nSPS) is 17.7. The predicted molar refractivity (Wildman–Crippen MR) is 108 cm³/mol. The predicted octanol–water partition coefficient (Wildman–Crippen LogP) is 2.46. The third-order valence-electron chi connectivity index (χ3n) is 4.75. The first-order chi connectivity index (χ1) is 12.2. The van der Waals surface area contributed by atoms with Crippen molar-refractivity contribution in [3.63, 3.8) is 0 Å². The molecule has 1 aromatic rings. The summed E-state index contributed by atoms with van der Waals surface area (Å²) in [5.41, 5.74) is 1.18. The molecule has 0 radical (unpaired) electrons. The zero-order valence-corrected chi connectivity index (χ0v) is 16.3. The maximum Gasteiger partial charge on any atom is 0.233 e. The third kappa shape index (κ3) is 4.79. The number of anilines is 1. The Labute approximate surface area is 159 Å². The van der Waals surface area contributed by atoms with E-state index in [1.54, 1.807) is 7.11 Å². The van der Waals surface area contributed by atoms with Crippen LogP contribution in [0, 0.1) is 0 Å². The molecule has 1 amide bonds. The Morgan fingerprint density at radius 1 is 1.04 bits per heavy atom. The molecule has 0 spiro atoms. The molecule has 7 heteroatoms. The number of amides is 1. The highest BCUT2D eigenvalue weighted by molar-refractivity contribution is 8.23. The topological polar surface area (TPSA) is 36.0 Å². The number of hydrogen-bond donors (Lipinski definition) is 0. The number of ether oxygens (including phenoxy) is 1. The van der Waals surface area contributed by atoms with Crippen LogP contribution in [0.15, 0.2) is 24.3 Å². The van der Waals surface area contributed by atoms with Gasteiger partial charge in [0.2, 0.25) is 5.91 Å². The highest BCUT2D eigenvalue weighted by Gasteiger charge is 2.23. The van der Waals surface area contributed by atoms with E-state index in [-0.39, 0.29) is 5.91 Å². The average molecular weight is 380 g/mol. The molecule has 0 bridgehead atoms. The Morgan fingerprint density at radius 2 is 1.68 bits per heavy atom. The molecule has 136 valence electrons. The molecular weight excluding hydrogens is 354 g/mol. The Hall–Kier alpha value is -1.47. The van der Waals surface area contributed by atoms with Gasteiger partial charge in [-0.25, -0.2) is 0 Å². The lowest BCUT2D eigenvalue weighted by molar-refractivity contribution is -0.128. The lowest BCUT2D eigenvalue weighted by Crippen LogP contribution is -2.49. The zero-order valence-electron chi connectivity index (χ0n) is 14.6. The number of carbonyl (C=O) groups is 1. The van der Waals surface area contributed by atoms with Crippen LogP contribution in [0.1, 0.15) is 12.8 Å². The maximum atomic E-state index is 12.4. The van der Waals surface area contributed by atoms with E-state index in [1.165, 1.54) is 30.3 Å². The minimum atomic E-state index is 0.195. The first-order valence-corrected chi connectivity index (χ1v) is 10.2. The van der Waals surface area contributed by atoms with Crippen LogP contribution in [0.5, 0.6) is 5.75 Å². The van der Waals surface area contributed by atoms with Gasteiger partial charge in [0.15, 0.2) is 0 Å². The summed E-state index contributed by atoms with van der Waals surface area (Å²) >= 11 is 6.95. The van der Waals surface area contributed by atoms with Crippen molar-refractivity contribution in [2.75, 3.05) is 57.0 Å². The van der Waals surface area contributed by atoms with Crippen molar-refractivity contribution in [2.24, 2.45) is 0 Å². The molecule has 0 atom stereocenters. The van der Waals surface area contributed by atoms with Gasteiger partial charge >= 0.3 is 0 Å². The van der Waals surface area contributed by atoms with E-state index >= 15 is 0 Å². The van der Waals surface area contributed by atoms with Crippen LogP contribution in [0.3, 0.4) is 0 Å². The van der Waals surface area contributed by atoms with Crippen LogP contribution < -0.4 is 9.64 Å². The molecule has 0 aliphatic carbocycles. The van der Waals surface area contributed by atoms with Gasteiger partial charge < -0.3 is 19.4 Å². The molecule has 2 aliphatic heterocycles. The Morgan fingerprint density at radius 3 is 2.28 bits per heavy atom. The van der Waals surface area contributed by atoms with Crippen molar-refractivity contribution < 1.29 is 9.53 Å². The minimum Gasteiger partial charge on any atom is -0.497 e. The summed E-state index contributed by atoms with van der Waals surface area (Å²) in [5.74, 6) is 1.52. The van der Waals surface area contributed by atoms with Gasteiger partial charge in [0, 0.05) is 45.0 Å². The molecule has 1 aromatic carbocycles. The van der Waals surface area contributed by atoms with Crippen LogP contribution in [-0.2, 0) is 4.79 Å². The van der Waals surface area contributed by atoms with Crippen molar-refractivity contribution in [3.05, 3.63) is 24.3 Å². The molecule has 0 unspecified atom stereocenters. The molecular formula is C18H25N3O2S2. The quantitative estimate of drug-likeness (QED) is 0.748. The summed E-state index contributed by atoms with van der Waals surface area (Å²) in [6.45, 7) is 5.34. The van der Waals surface area contributed by atoms with Gasteiger partial charge in [-0.2, -0.15) is 0 Å². The number of thioether (sulfide) groups is 1. The van der Waals surface area contributed by atoms with Crippen molar-refractivity contribution in [2.45, 2.75) is 12.8 Å². The summed E-state index contributed by atoms with van der Waals surface area (Å²) in [6, 6.07) is 8.09. The second kappa shape index (κ2) is 8.76. The smallest absolute Gasteiger partial charge is 0.233 e. The van der Waals surface area contributed by atoms with Gasteiger partial charge in [-0.05, 0) is 37.1 Å². The standard InChI is InChI=1S/C18H25N3O2S2/c1-23-16-6-4-15(5-7-16)19-10-12-20(13-11-19)17(22)14-25-18(24)21-8-2-3-9-21/h4-7H,2-3,8-14H2,1H3. The second-order valence-electron chi connectivity index (χ2n) is 6.31. The number of rotatable bonds is 4. The van der Waals surface area contributed by atoms with E-state index in [0.717, 1.165) is 49.3 Å². The monoisotopic (exact) mass is 379 g/mol. The van der Waals surface area contributed by atoms with Crippen molar-refractivity contribution in [1.82, 2.24) is 9.80 Å². The fourth-order valence-corrected chi connectivity index (χ4v) is 4.37. The summed E-state index contributed by atoms with van der Waals surface area (Å²) in [4.78, 5) is 18.9. The number of hydrogen-bond acceptors (Lipinski definition) is 5. The Balaban J connectivity index is 1.43. The van der Waals surface area contributed by atoms with Crippen molar-refractivity contribution in [1.29, 1.82) is 0 Å². The summed E-state index contributed by atoms with van der Waals surface area (Å²) in [5, 5.41) is 0. The van der Waals surface area contributed by atoms with Crippen LogP contribution in [0.4, 0.5) is 5.69 Å². The van der Waals surface area contributed by atoms with E-state index in [1.807, 2.05) is 17.0 Å². The lowest BCUT2D eigenvalue weighted by atomic mass is 10.2. The number of likely N-dealkylation sites (tertiary alicyclic amines) is 1. The van der Waals surface area contributed by atoms with Crippen molar-refractivity contribution in [3.8, 4) is 5.75 Å². The Kier molecular flexibility index (Phi) is 6.42. The lowest BCUT2D eigenvalue weighted by Gasteiger charge is -2.36. The van der Waals surface area contributed by atoms with Crippen LogP contribution in [0.2, 0.25) is 0 Å². The van der Waals surface area contributed by atoms with Gasteiger partial charge in [-0.3, -0.25) is 4.79 Å². The molecule has 2 saturated heterocycles. The maximum absolute atomic E-state index is 12.4. The van der Waals surface area contributed by atoms with E-state index in [9.17, 15) is 4.79 Å². The summed E-state index contributed by atoms with van der Waals surface area (Å²) in [7, 11) is 1.67. The average Bonchev–Trinajstić information content (AvgIpc) is 3.21. The molecule has 25 heavy (non-hydrogen) atoms.